The monoisotopic (exact) mass is 277 g/mol. The fraction of sp³-hybridized carbons (Fsp3) is 0.800. The summed E-state index contributed by atoms with van der Waals surface area (Å²) >= 11 is 0. The molecule has 1 aliphatic rings. The molecule has 0 aliphatic carbocycles. The highest BCUT2D eigenvalue weighted by molar-refractivity contribution is 5.40. The van der Waals surface area contributed by atoms with Crippen molar-refractivity contribution in [2.45, 2.75) is 64.8 Å². The van der Waals surface area contributed by atoms with Crippen LogP contribution in [0.3, 0.4) is 0 Å². The number of hydrogen-bond donors (Lipinski definition) is 1. The number of nitrogens with zero attached hydrogens (tertiary/aromatic N) is 4. The van der Waals surface area contributed by atoms with E-state index >= 15 is 0 Å². The first kappa shape index (κ1) is 15.0. The summed E-state index contributed by atoms with van der Waals surface area (Å²) in [5.74, 6) is 1.64. The van der Waals surface area contributed by atoms with E-state index in [2.05, 4.69) is 39.2 Å². The topological polar surface area (TPSA) is 53.9 Å². The first-order valence-corrected chi connectivity index (χ1v) is 8.05. The van der Waals surface area contributed by atoms with E-state index < -0.39 is 0 Å². The molecule has 1 unspecified atom stereocenters. The molecule has 2 rings (SSSR count). The predicted molar refractivity (Wildman–Crippen MR) is 83.1 cm³/mol. The van der Waals surface area contributed by atoms with Crippen molar-refractivity contribution in [3.05, 3.63) is 6.20 Å². The summed E-state index contributed by atoms with van der Waals surface area (Å²) < 4.78 is 0. The molecule has 2 heterocycles. The zero-order valence-electron chi connectivity index (χ0n) is 12.8. The Hall–Kier alpha value is -1.39. The summed E-state index contributed by atoms with van der Waals surface area (Å²) in [4.78, 5) is 6.96. The molecule has 5 heteroatoms. The molecule has 1 aromatic rings. The minimum absolute atomic E-state index is 0.570. The first-order chi connectivity index (χ1) is 9.85. The van der Waals surface area contributed by atoms with Gasteiger partial charge in [0.25, 0.3) is 0 Å². The number of nitrogens with one attached hydrogen (secondary N) is 1. The Morgan fingerprint density at radius 1 is 1.30 bits per heavy atom. The number of unbranched alkanes of at least 4 members (excludes halogenated alkanes) is 2. The van der Waals surface area contributed by atoms with Crippen molar-refractivity contribution >= 4 is 11.8 Å². The second-order valence-electron chi connectivity index (χ2n) is 5.53. The van der Waals surface area contributed by atoms with Gasteiger partial charge in [-0.2, -0.15) is 10.1 Å². The van der Waals surface area contributed by atoms with Crippen LogP contribution < -0.4 is 10.2 Å². The van der Waals surface area contributed by atoms with E-state index in [1.54, 1.807) is 6.20 Å². The average Bonchev–Trinajstić information content (AvgIpc) is 2.52. The fourth-order valence-corrected chi connectivity index (χ4v) is 2.78. The molecule has 0 amide bonds. The van der Waals surface area contributed by atoms with Crippen LogP contribution >= 0.6 is 0 Å². The maximum Gasteiger partial charge on any atom is 0.247 e. The van der Waals surface area contributed by atoms with Crippen molar-refractivity contribution in [2.24, 2.45) is 0 Å². The Morgan fingerprint density at radius 2 is 2.20 bits per heavy atom. The highest BCUT2D eigenvalue weighted by Crippen LogP contribution is 2.23. The molecule has 0 spiro atoms. The second kappa shape index (κ2) is 8.02. The third-order valence-corrected chi connectivity index (χ3v) is 3.99. The Kier molecular flexibility index (Phi) is 6.02. The van der Waals surface area contributed by atoms with Crippen molar-refractivity contribution in [3.63, 3.8) is 0 Å². The maximum absolute atomic E-state index is 4.63. The number of piperidine rings is 1. The molecule has 1 aliphatic heterocycles. The molecule has 1 aromatic heterocycles. The SMILES string of the molecule is CCCCCNc1cnnc(N2CCCCC2CC)n1. The van der Waals surface area contributed by atoms with E-state index in [1.807, 2.05) is 0 Å². The lowest BCUT2D eigenvalue weighted by Gasteiger charge is -2.34. The molecule has 112 valence electrons. The number of aromatic nitrogens is 3. The van der Waals surface area contributed by atoms with E-state index in [4.69, 9.17) is 0 Å². The van der Waals surface area contributed by atoms with E-state index in [0.717, 1.165) is 31.3 Å². The Bertz CT molecular complexity index is 396. The van der Waals surface area contributed by atoms with E-state index in [-0.39, 0.29) is 0 Å². The van der Waals surface area contributed by atoms with Gasteiger partial charge in [0, 0.05) is 19.1 Å². The van der Waals surface area contributed by atoms with Gasteiger partial charge in [0.2, 0.25) is 5.95 Å². The molecule has 0 aromatic carbocycles. The predicted octanol–water partition coefficient (Wildman–Crippen LogP) is 3.24. The van der Waals surface area contributed by atoms with Crippen LogP contribution in [0.5, 0.6) is 0 Å². The molecule has 5 nitrogen and oxygen atoms in total. The Labute approximate surface area is 122 Å². The van der Waals surface area contributed by atoms with E-state index in [1.165, 1.54) is 38.5 Å². The fourth-order valence-electron chi connectivity index (χ4n) is 2.78. The van der Waals surface area contributed by atoms with Crippen LogP contribution in [0.1, 0.15) is 58.8 Å². The standard InChI is InChI=1S/C15H27N5/c1-3-5-7-10-16-14-12-17-19-15(18-14)20-11-8-6-9-13(20)4-2/h12-13H,3-11H2,1-2H3,(H,16,18,19). The first-order valence-electron chi connectivity index (χ1n) is 8.05. The number of rotatable bonds is 7. The summed E-state index contributed by atoms with van der Waals surface area (Å²) in [5, 5.41) is 11.7. The summed E-state index contributed by atoms with van der Waals surface area (Å²) in [7, 11) is 0. The third kappa shape index (κ3) is 4.05. The van der Waals surface area contributed by atoms with E-state index in [0.29, 0.717) is 6.04 Å². The summed E-state index contributed by atoms with van der Waals surface area (Å²) in [6.45, 7) is 6.47. The number of hydrogen-bond acceptors (Lipinski definition) is 5. The minimum Gasteiger partial charge on any atom is -0.369 e. The van der Waals surface area contributed by atoms with Gasteiger partial charge < -0.3 is 10.2 Å². The largest absolute Gasteiger partial charge is 0.369 e. The molecule has 1 N–H and O–H groups in total. The Morgan fingerprint density at radius 3 is 3.00 bits per heavy atom. The van der Waals surface area contributed by atoms with Gasteiger partial charge in [-0.3, -0.25) is 0 Å². The maximum atomic E-state index is 4.63. The van der Waals surface area contributed by atoms with Gasteiger partial charge in [0.15, 0.2) is 5.82 Å². The smallest absolute Gasteiger partial charge is 0.247 e. The van der Waals surface area contributed by atoms with Crippen LogP contribution in [0.15, 0.2) is 6.20 Å². The molecule has 1 saturated heterocycles. The highest BCUT2D eigenvalue weighted by Gasteiger charge is 2.23. The quantitative estimate of drug-likeness (QED) is 0.775. The summed E-state index contributed by atoms with van der Waals surface area (Å²) in [6, 6.07) is 0.570. The van der Waals surface area contributed by atoms with Gasteiger partial charge >= 0.3 is 0 Å². The van der Waals surface area contributed by atoms with E-state index in [9.17, 15) is 0 Å². The zero-order chi connectivity index (χ0) is 14.2. The molecular weight excluding hydrogens is 250 g/mol. The lowest BCUT2D eigenvalue weighted by atomic mass is 10.0. The summed E-state index contributed by atoms with van der Waals surface area (Å²) in [6.07, 6.45) is 10.3. The second-order valence-corrected chi connectivity index (χ2v) is 5.53. The van der Waals surface area contributed by atoms with Crippen LogP contribution in [0.4, 0.5) is 11.8 Å². The highest BCUT2D eigenvalue weighted by atomic mass is 15.3. The zero-order valence-corrected chi connectivity index (χ0v) is 12.8. The average molecular weight is 277 g/mol. The molecule has 1 atom stereocenters. The Balaban J connectivity index is 1.97. The van der Waals surface area contributed by atoms with Gasteiger partial charge in [-0.15, -0.1) is 5.10 Å². The normalized spacial score (nSPS) is 19.1. The van der Waals surface area contributed by atoms with Crippen molar-refractivity contribution in [1.29, 1.82) is 0 Å². The van der Waals surface area contributed by atoms with Gasteiger partial charge in [-0.25, -0.2) is 0 Å². The van der Waals surface area contributed by atoms with Crippen molar-refractivity contribution in [3.8, 4) is 0 Å². The molecule has 20 heavy (non-hydrogen) atoms. The van der Waals surface area contributed by atoms with Crippen molar-refractivity contribution in [2.75, 3.05) is 23.3 Å². The molecule has 0 bridgehead atoms. The van der Waals surface area contributed by atoms with Gasteiger partial charge in [-0.05, 0) is 32.1 Å². The van der Waals surface area contributed by atoms with Crippen LogP contribution in [0.25, 0.3) is 0 Å². The van der Waals surface area contributed by atoms with Crippen LogP contribution in [-0.2, 0) is 0 Å². The molecule has 0 saturated carbocycles. The van der Waals surface area contributed by atoms with Crippen LogP contribution in [0, 0.1) is 0 Å². The minimum atomic E-state index is 0.570. The molecule has 0 radical (unpaired) electrons. The number of anilines is 2. The molecule has 1 fully saturated rings. The van der Waals surface area contributed by atoms with Crippen molar-refractivity contribution in [1.82, 2.24) is 15.2 Å². The van der Waals surface area contributed by atoms with Gasteiger partial charge in [0.1, 0.15) is 0 Å². The third-order valence-electron chi connectivity index (χ3n) is 3.99. The van der Waals surface area contributed by atoms with Gasteiger partial charge in [0.05, 0.1) is 6.20 Å². The van der Waals surface area contributed by atoms with Crippen molar-refractivity contribution < 1.29 is 0 Å². The lowest BCUT2D eigenvalue weighted by molar-refractivity contribution is 0.441. The lowest BCUT2D eigenvalue weighted by Crippen LogP contribution is -2.40. The van der Waals surface area contributed by atoms with Crippen LogP contribution in [0.2, 0.25) is 0 Å². The molecular formula is C15H27N5. The van der Waals surface area contributed by atoms with Gasteiger partial charge in [-0.1, -0.05) is 26.7 Å². The van der Waals surface area contributed by atoms with Crippen LogP contribution in [-0.4, -0.2) is 34.3 Å². The summed E-state index contributed by atoms with van der Waals surface area (Å²) in [5.41, 5.74) is 0.